The Bertz CT molecular complexity index is 762. The number of ether oxygens (including phenoxy) is 1. The zero-order valence-corrected chi connectivity index (χ0v) is 12.6. The molecule has 23 heavy (non-hydrogen) atoms. The molecule has 7 nitrogen and oxygen atoms in total. The quantitative estimate of drug-likeness (QED) is 0.448. The average Bonchev–Trinajstić information content (AvgIpc) is 2.54. The van der Waals surface area contributed by atoms with E-state index in [4.69, 9.17) is 17.2 Å². The predicted molar refractivity (Wildman–Crippen MR) is 90.3 cm³/mol. The Labute approximate surface area is 133 Å². The van der Waals surface area contributed by atoms with Gasteiger partial charge in [0, 0.05) is 5.56 Å². The summed E-state index contributed by atoms with van der Waals surface area (Å²) in [6, 6.07) is 14.3. The molecule has 6 N–H and O–H groups in total. The van der Waals surface area contributed by atoms with Crippen molar-refractivity contribution in [1.29, 1.82) is 0 Å². The molecule has 0 fully saturated rings. The highest BCUT2D eigenvalue weighted by Gasteiger charge is 2.08. The summed E-state index contributed by atoms with van der Waals surface area (Å²) in [7, 11) is 1.34. The SMILES string of the molecule is COC(=O)c1ccc(-c2ccccc2N=C(N)N=C(N)N)cc1. The van der Waals surface area contributed by atoms with Crippen LogP contribution < -0.4 is 17.2 Å². The van der Waals surface area contributed by atoms with Crippen molar-refractivity contribution in [2.75, 3.05) is 7.11 Å². The Balaban J connectivity index is 2.41. The maximum atomic E-state index is 11.5. The average molecular weight is 311 g/mol. The fourth-order valence-corrected chi connectivity index (χ4v) is 2.00. The van der Waals surface area contributed by atoms with Crippen molar-refractivity contribution in [2.24, 2.45) is 27.2 Å². The summed E-state index contributed by atoms with van der Waals surface area (Å²) in [6.45, 7) is 0. The van der Waals surface area contributed by atoms with Gasteiger partial charge in [0.2, 0.25) is 5.96 Å². The first-order chi connectivity index (χ1) is 11.0. The molecule has 0 amide bonds. The first-order valence-corrected chi connectivity index (χ1v) is 6.73. The highest BCUT2D eigenvalue weighted by atomic mass is 16.5. The lowest BCUT2D eigenvalue weighted by atomic mass is 10.0. The molecule has 0 radical (unpaired) electrons. The van der Waals surface area contributed by atoms with Gasteiger partial charge in [0.1, 0.15) is 0 Å². The summed E-state index contributed by atoms with van der Waals surface area (Å²) in [4.78, 5) is 19.4. The van der Waals surface area contributed by atoms with Crippen molar-refractivity contribution in [1.82, 2.24) is 0 Å². The Morgan fingerprint density at radius 1 is 1.00 bits per heavy atom. The van der Waals surface area contributed by atoms with Gasteiger partial charge in [0.05, 0.1) is 18.4 Å². The Kier molecular flexibility index (Phi) is 4.93. The Hall–Kier alpha value is -3.35. The molecule has 0 aromatic heterocycles. The predicted octanol–water partition coefficient (Wildman–Crippen LogP) is 1.36. The van der Waals surface area contributed by atoms with Crippen LogP contribution in [-0.2, 0) is 4.74 Å². The maximum Gasteiger partial charge on any atom is 0.337 e. The molecule has 2 aromatic rings. The second-order valence-electron chi connectivity index (χ2n) is 4.59. The third-order valence-electron chi connectivity index (χ3n) is 3.00. The number of hydrogen-bond donors (Lipinski definition) is 3. The number of esters is 1. The molecule has 7 heteroatoms. The van der Waals surface area contributed by atoms with E-state index in [-0.39, 0.29) is 17.9 Å². The lowest BCUT2D eigenvalue weighted by molar-refractivity contribution is 0.0601. The molecule has 0 aliphatic rings. The largest absolute Gasteiger partial charge is 0.465 e. The van der Waals surface area contributed by atoms with Crippen LogP contribution in [0.4, 0.5) is 5.69 Å². The molecule has 0 aliphatic heterocycles. The highest BCUT2D eigenvalue weighted by molar-refractivity contribution is 5.95. The summed E-state index contributed by atoms with van der Waals surface area (Å²) in [5, 5.41) is 0. The van der Waals surface area contributed by atoms with E-state index in [9.17, 15) is 4.79 Å². The van der Waals surface area contributed by atoms with E-state index in [1.807, 2.05) is 18.2 Å². The number of rotatable bonds is 3. The van der Waals surface area contributed by atoms with E-state index < -0.39 is 0 Å². The van der Waals surface area contributed by atoms with E-state index in [1.165, 1.54) is 7.11 Å². The van der Waals surface area contributed by atoms with Crippen LogP contribution >= 0.6 is 0 Å². The van der Waals surface area contributed by atoms with E-state index in [2.05, 4.69) is 14.7 Å². The Morgan fingerprint density at radius 2 is 1.65 bits per heavy atom. The van der Waals surface area contributed by atoms with E-state index in [0.29, 0.717) is 11.3 Å². The molecular weight excluding hydrogens is 294 g/mol. The zero-order valence-electron chi connectivity index (χ0n) is 12.6. The van der Waals surface area contributed by atoms with Gasteiger partial charge in [-0.15, -0.1) is 0 Å². The van der Waals surface area contributed by atoms with Gasteiger partial charge in [-0.2, -0.15) is 4.99 Å². The van der Waals surface area contributed by atoms with Gasteiger partial charge in [0.15, 0.2) is 5.96 Å². The summed E-state index contributed by atoms with van der Waals surface area (Å²) >= 11 is 0. The van der Waals surface area contributed by atoms with Crippen LogP contribution in [0.1, 0.15) is 10.4 Å². The lowest BCUT2D eigenvalue weighted by Gasteiger charge is -2.07. The molecule has 0 unspecified atom stereocenters. The molecule has 0 saturated carbocycles. The highest BCUT2D eigenvalue weighted by Crippen LogP contribution is 2.30. The maximum absolute atomic E-state index is 11.5. The summed E-state index contributed by atoms with van der Waals surface area (Å²) in [6.07, 6.45) is 0. The summed E-state index contributed by atoms with van der Waals surface area (Å²) in [5.74, 6) is -0.588. The standard InChI is InChI=1S/C16H17N5O2/c1-23-14(22)11-8-6-10(7-9-11)12-4-2-3-5-13(12)20-16(19)21-15(17)18/h2-9H,1H3,(H6,17,18,19,20,21). The van der Waals surface area contributed by atoms with Crippen molar-refractivity contribution in [3.05, 3.63) is 54.1 Å². The van der Waals surface area contributed by atoms with Crippen LogP contribution in [0.3, 0.4) is 0 Å². The van der Waals surface area contributed by atoms with Crippen molar-refractivity contribution in [3.63, 3.8) is 0 Å². The number of guanidine groups is 2. The number of carbonyl (C=O) groups is 1. The molecule has 118 valence electrons. The molecule has 0 bridgehead atoms. The van der Waals surface area contributed by atoms with Crippen molar-refractivity contribution in [3.8, 4) is 11.1 Å². The van der Waals surface area contributed by atoms with Crippen molar-refractivity contribution < 1.29 is 9.53 Å². The monoisotopic (exact) mass is 311 g/mol. The van der Waals surface area contributed by atoms with Gasteiger partial charge in [0.25, 0.3) is 0 Å². The smallest absolute Gasteiger partial charge is 0.337 e. The number of nitrogens with zero attached hydrogens (tertiary/aromatic N) is 2. The molecule has 2 aromatic carbocycles. The van der Waals surface area contributed by atoms with Crippen LogP contribution in [0.15, 0.2) is 58.5 Å². The molecule has 2 rings (SSSR count). The number of aliphatic imine (C=N–C) groups is 2. The molecule has 0 heterocycles. The van der Waals surface area contributed by atoms with Crippen molar-refractivity contribution >= 4 is 23.6 Å². The minimum Gasteiger partial charge on any atom is -0.465 e. The summed E-state index contributed by atoms with van der Waals surface area (Å²) in [5.41, 5.74) is 19.0. The minimum absolute atomic E-state index is 0.0383. The lowest BCUT2D eigenvalue weighted by Crippen LogP contribution is -2.26. The molecule has 0 spiro atoms. The second kappa shape index (κ2) is 7.08. The van der Waals surface area contributed by atoms with Gasteiger partial charge in [-0.05, 0) is 23.8 Å². The van der Waals surface area contributed by atoms with Crippen LogP contribution in [0.2, 0.25) is 0 Å². The molecule has 0 aliphatic carbocycles. The van der Waals surface area contributed by atoms with Crippen LogP contribution in [0, 0.1) is 0 Å². The summed E-state index contributed by atoms with van der Waals surface area (Å²) < 4.78 is 4.68. The van der Waals surface area contributed by atoms with Crippen molar-refractivity contribution in [2.45, 2.75) is 0 Å². The molecule has 0 atom stereocenters. The van der Waals surface area contributed by atoms with E-state index in [1.54, 1.807) is 30.3 Å². The van der Waals surface area contributed by atoms with E-state index >= 15 is 0 Å². The first-order valence-electron chi connectivity index (χ1n) is 6.73. The Morgan fingerprint density at radius 3 is 2.26 bits per heavy atom. The van der Waals surface area contributed by atoms with Gasteiger partial charge >= 0.3 is 5.97 Å². The van der Waals surface area contributed by atoms with Crippen LogP contribution in [-0.4, -0.2) is 25.0 Å². The third-order valence-corrected chi connectivity index (χ3v) is 3.00. The topological polar surface area (TPSA) is 129 Å². The van der Waals surface area contributed by atoms with Gasteiger partial charge in [-0.25, -0.2) is 9.79 Å². The second-order valence-corrected chi connectivity index (χ2v) is 4.59. The van der Waals surface area contributed by atoms with Gasteiger partial charge < -0.3 is 21.9 Å². The number of nitrogens with two attached hydrogens (primary N) is 3. The number of hydrogen-bond acceptors (Lipinski definition) is 3. The van der Waals surface area contributed by atoms with Crippen LogP contribution in [0.5, 0.6) is 0 Å². The number of para-hydroxylation sites is 1. The first kappa shape index (κ1) is 16.0. The van der Waals surface area contributed by atoms with E-state index in [0.717, 1.165) is 11.1 Å². The third kappa shape index (κ3) is 4.07. The van der Waals surface area contributed by atoms with Gasteiger partial charge in [-0.1, -0.05) is 30.3 Å². The number of benzene rings is 2. The fourth-order valence-electron chi connectivity index (χ4n) is 2.00. The number of carbonyl (C=O) groups excluding carboxylic acids is 1. The number of methoxy groups -OCH3 is 1. The fraction of sp³-hybridized carbons (Fsp3) is 0.0625. The van der Waals surface area contributed by atoms with Gasteiger partial charge in [-0.3, -0.25) is 0 Å². The normalized spacial score (nSPS) is 10.9. The van der Waals surface area contributed by atoms with Crippen LogP contribution in [0.25, 0.3) is 11.1 Å². The zero-order chi connectivity index (χ0) is 16.8. The molecular formula is C16H17N5O2. The molecule has 0 saturated heterocycles. The minimum atomic E-state index is -0.389.